The van der Waals surface area contributed by atoms with E-state index >= 15 is 0 Å². The number of fused-ring (bicyclic) bond motifs is 1. The number of hydrogen-bond donors (Lipinski definition) is 1. The summed E-state index contributed by atoms with van der Waals surface area (Å²) in [6.45, 7) is 1.26. The third kappa shape index (κ3) is 4.22. The van der Waals surface area contributed by atoms with Crippen LogP contribution in [0, 0.1) is 18.3 Å². The minimum atomic E-state index is -0.916. The van der Waals surface area contributed by atoms with Crippen LogP contribution in [-0.4, -0.2) is 35.8 Å². The maximum Gasteiger partial charge on any atom is 0.338 e. The molecule has 3 amide bonds. The molecule has 2 aromatic rings. The Morgan fingerprint density at radius 1 is 1.06 bits per heavy atom. The number of esters is 1. The maximum absolute atomic E-state index is 12.9. The van der Waals surface area contributed by atoms with Crippen LogP contribution in [0.5, 0.6) is 0 Å². The van der Waals surface area contributed by atoms with Crippen LogP contribution < -0.4 is 10.2 Å². The monoisotopic (exact) mass is 445 g/mol. The lowest BCUT2D eigenvalue weighted by Gasteiger charge is -2.31. The van der Waals surface area contributed by atoms with Gasteiger partial charge < -0.3 is 10.1 Å². The van der Waals surface area contributed by atoms with Gasteiger partial charge in [-0.1, -0.05) is 37.5 Å². The largest absolute Gasteiger partial charge is 0.452 e. The molecule has 4 rings (SSSR count). The summed E-state index contributed by atoms with van der Waals surface area (Å²) in [5.41, 5.74) is 0.700. The molecule has 1 N–H and O–H groups in total. The van der Waals surface area contributed by atoms with E-state index in [2.05, 4.69) is 11.4 Å². The highest BCUT2D eigenvalue weighted by molar-refractivity contribution is 6.34. The Kier molecular flexibility index (Phi) is 5.97. The van der Waals surface area contributed by atoms with Crippen LogP contribution in [0.25, 0.3) is 0 Å². The Labute approximate surface area is 191 Å². The molecule has 0 atom stereocenters. The molecule has 1 aliphatic carbocycles. The van der Waals surface area contributed by atoms with Crippen molar-refractivity contribution >= 4 is 29.4 Å². The number of carbonyl (C=O) groups is 4. The number of aryl methyl sites for hydroxylation is 1. The van der Waals surface area contributed by atoms with Crippen LogP contribution in [0.2, 0.25) is 0 Å². The summed E-state index contributed by atoms with van der Waals surface area (Å²) >= 11 is 0. The second kappa shape index (κ2) is 8.87. The molecule has 1 fully saturated rings. The van der Waals surface area contributed by atoms with Crippen LogP contribution in [0.1, 0.15) is 68.7 Å². The average molecular weight is 445 g/mol. The summed E-state index contributed by atoms with van der Waals surface area (Å²) in [6, 6.07) is 13.3. The van der Waals surface area contributed by atoms with Crippen molar-refractivity contribution in [2.45, 2.75) is 44.6 Å². The van der Waals surface area contributed by atoms with Gasteiger partial charge in [0, 0.05) is 0 Å². The van der Waals surface area contributed by atoms with E-state index in [1.165, 1.54) is 18.2 Å². The molecule has 0 unspecified atom stereocenters. The number of benzene rings is 2. The summed E-state index contributed by atoms with van der Waals surface area (Å²) in [5, 5.41) is 12.2. The number of ether oxygens (including phenoxy) is 1. The minimum absolute atomic E-state index is 0.0574. The molecule has 1 heterocycles. The Hall–Kier alpha value is -3.99. The van der Waals surface area contributed by atoms with Gasteiger partial charge in [-0.15, -0.1) is 0 Å². The van der Waals surface area contributed by atoms with E-state index in [0.29, 0.717) is 18.5 Å². The Bertz CT molecular complexity index is 1190. The average Bonchev–Trinajstić information content (AvgIpc) is 3.08. The fraction of sp³-hybridized carbons (Fsp3) is 0.320. The lowest BCUT2D eigenvalue weighted by Crippen LogP contribution is -2.50. The molecule has 8 nitrogen and oxygen atoms in total. The van der Waals surface area contributed by atoms with E-state index in [9.17, 15) is 24.4 Å². The van der Waals surface area contributed by atoms with E-state index in [1.807, 2.05) is 6.07 Å². The third-order valence-corrected chi connectivity index (χ3v) is 6.11. The van der Waals surface area contributed by atoms with Crippen LogP contribution in [0.4, 0.5) is 5.69 Å². The van der Waals surface area contributed by atoms with Crippen LogP contribution in [0.15, 0.2) is 42.5 Å². The normalized spacial score (nSPS) is 16.7. The molecule has 0 radical (unpaired) electrons. The van der Waals surface area contributed by atoms with E-state index in [0.717, 1.165) is 29.7 Å². The Balaban J connectivity index is 1.45. The van der Waals surface area contributed by atoms with Crippen molar-refractivity contribution in [3.63, 3.8) is 0 Å². The summed E-state index contributed by atoms with van der Waals surface area (Å²) in [7, 11) is 0. The molecule has 0 bridgehead atoms. The lowest BCUT2D eigenvalue weighted by atomic mass is 9.83. The maximum atomic E-state index is 12.9. The van der Waals surface area contributed by atoms with Crippen molar-refractivity contribution in [3.05, 3.63) is 64.7 Å². The van der Waals surface area contributed by atoms with E-state index in [-0.39, 0.29) is 16.7 Å². The van der Waals surface area contributed by atoms with Crippen molar-refractivity contribution in [3.8, 4) is 6.07 Å². The molecule has 0 saturated heterocycles. The number of nitrogens with zero attached hydrogens (tertiary/aromatic N) is 2. The van der Waals surface area contributed by atoms with Gasteiger partial charge >= 0.3 is 5.97 Å². The number of rotatable bonds is 5. The lowest BCUT2D eigenvalue weighted by molar-refractivity contribution is -0.125. The number of imide groups is 1. The van der Waals surface area contributed by atoms with Crippen LogP contribution in [-0.2, 0) is 9.53 Å². The van der Waals surface area contributed by atoms with Crippen LogP contribution >= 0.6 is 0 Å². The summed E-state index contributed by atoms with van der Waals surface area (Å²) in [4.78, 5) is 51.6. The minimum Gasteiger partial charge on any atom is -0.452 e. The van der Waals surface area contributed by atoms with Gasteiger partial charge in [-0.2, -0.15) is 5.26 Å². The van der Waals surface area contributed by atoms with Crippen molar-refractivity contribution < 1.29 is 23.9 Å². The van der Waals surface area contributed by atoms with Gasteiger partial charge in [-0.05, 0) is 49.6 Å². The fourth-order valence-electron chi connectivity index (χ4n) is 4.34. The fourth-order valence-corrected chi connectivity index (χ4v) is 4.34. The van der Waals surface area contributed by atoms with E-state index < -0.39 is 35.8 Å². The number of amides is 3. The first-order chi connectivity index (χ1) is 15.8. The van der Waals surface area contributed by atoms with Crippen molar-refractivity contribution in [2.75, 3.05) is 11.5 Å². The molecule has 1 saturated carbocycles. The molecule has 168 valence electrons. The van der Waals surface area contributed by atoms with Gasteiger partial charge in [0.15, 0.2) is 6.61 Å². The first kappa shape index (κ1) is 22.2. The number of carbonyl (C=O) groups excluding carboxylic acids is 4. The van der Waals surface area contributed by atoms with Gasteiger partial charge in [0.1, 0.15) is 5.54 Å². The molecule has 33 heavy (non-hydrogen) atoms. The van der Waals surface area contributed by atoms with Crippen LogP contribution in [0.3, 0.4) is 0 Å². The zero-order valence-electron chi connectivity index (χ0n) is 18.2. The van der Waals surface area contributed by atoms with Gasteiger partial charge in [0.2, 0.25) is 0 Å². The standard InChI is InChI=1S/C25H23N3O5/c1-16-7-3-4-8-20(16)28-22(30)18-10-9-17(13-19(18)23(28)31)24(32)33-14-21(29)27-25(15-26)11-5-2-6-12-25/h3-4,7-10,13H,2,5-6,11-12,14H2,1H3,(H,27,29). The van der Waals surface area contributed by atoms with E-state index in [4.69, 9.17) is 4.74 Å². The molecule has 2 aromatic carbocycles. The first-order valence-corrected chi connectivity index (χ1v) is 10.8. The quantitative estimate of drug-likeness (QED) is 0.558. The first-order valence-electron chi connectivity index (χ1n) is 10.8. The molecular weight excluding hydrogens is 422 g/mol. The Morgan fingerprint density at radius 3 is 2.45 bits per heavy atom. The molecule has 8 heteroatoms. The zero-order chi connectivity index (χ0) is 23.6. The predicted octanol–water partition coefficient (Wildman–Crippen LogP) is 3.30. The molecule has 0 aromatic heterocycles. The Morgan fingerprint density at radius 2 is 1.76 bits per heavy atom. The number of para-hydroxylation sites is 1. The highest BCUT2D eigenvalue weighted by atomic mass is 16.5. The van der Waals surface area contributed by atoms with Gasteiger partial charge in [-0.25, -0.2) is 9.69 Å². The number of nitriles is 1. The van der Waals surface area contributed by atoms with Crippen molar-refractivity contribution in [1.29, 1.82) is 5.26 Å². The predicted molar refractivity (Wildman–Crippen MR) is 119 cm³/mol. The van der Waals surface area contributed by atoms with E-state index in [1.54, 1.807) is 25.1 Å². The molecular formula is C25H23N3O5. The number of anilines is 1. The topological polar surface area (TPSA) is 117 Å². The SMILES string of the molecule is Cc1ccccc1N1C(=O)c2ccc(C(=O)OCC(=O)NC3(C#N)CCCCC3)cc2C1=O. The third-order valence-electron chi connectivity index (χ3n) is 6.11. The van der Waals surface area contributed by atoms with Crippen molar-refractivity contribution in [2.24, 2.45) is 0 Å². The summed E-state index contributed by atoms with van der Waals surface area (Å²) in [5.74, 6) is -2.33. The second-order valence-electron chi connectivity index (χ2n) is 8.37. The van der Waals surface area contributed by atoms with Crippen molar-refractivity contribution in [1.82, 2.24) is 5.32 Å². The van der Waals surface area contributed by atoms with Gasteiger partial charge in [0.05, 0.1) is 28.4 Å². The smallest absolute Gasteiger partial charge is 0.338 e. The zero-order valence-corrected chi connectivity index (χ0v) is 18.2. The summed E-state index contributed by atoms with van der Waals surface area (Å²) in [6.07, 6.45) is 3.88. The second-order valence-corrected chi connectivity index (χ2v) is 8.37. The van der Waals surface area contributed by atoms with Gasteiger partial charge in [-0.3, -0.25) is 14.4 Å². The molecule has 0 spiro atoms. The number of nitrogens with one attached hydrogen (secondary N) is 1. The molecule has 1 aliphatic heterocycles. The number of hydrogen-bond acceptors (Lipinski definition) is 6. The van der Waals surface area contributed by atoms with Gasteiger partial charge in [0.25, 0.3) is 17.7 Å². The highest BCUT2D eigenvalue weighted by Gasteiger charge is 2.38. The molecule has 2 aliphatic rings. The highest BCUT2D eigenvalue weighted by Crippen LogP contribution is 2.31. The summed E-state index contributed by atoms with van der Waals surface area (Å²) < 4.78 is 5.10.